The number of fused-ring (bicyclic) bond motifs is 1. The predicted molar refractivity (Wildman–Crippen MR) is 150 cm³/mol. The van der Waals surface area contributed by atoms with Crippen LogP contribution < -0.4 is 4.90 Å². The molecule has 3 heterocycles. The molecule has 1 saturated heterocycles. The Morgan fingerprint density at radius 2 is 1.86 bits per heavy atom. The van der Waals surface area contributed by atoms with Crippen LogP contribution in [0.2, 0.25) is 5.02 Å². The number of carbonyl (C=O) groups is 2. The van der Waals surface area contributed by atoms with E-state index in [2.05, 4.69) is 10.1 Å². The molecular formula is C29H27ClF3N5O4. The van der Waals surface area contributed by atoms with Crippen molar-refractivity contribution in [2.45, 2.75) is 25.9 Å². The Morgan fingerprint density at radius 3 is 2.50 bits per heavy atom. The van der Waals surface area contributed by atoms with Crippen molar-refractivity contribution in [2.24, 2.45) is 5.92 Å². The lowest BCUT2D eigenvalue weighted by atomic mass is 9.90. The molecule has 13 heteroatoms. The van der Waals surface area contributed by atoms with Gasteiger partial charge < -0.3 is 19.6 Å². The van der Waals surface area contributed by atoms with Crippen molar-refractivity contribution in [3.63, 3.8) is 0 Å². The molecule has 1 amide bonds. The lowest BCUT2D eigenvalue weighted by Crippen LogP contribution is -2.48. The summed E-state index contributed by atoms with van der Waals surface area (Å²) in [7, 11) is 3.08. The van der Waals surface area contributed by atoms with Crippen molar-refractivity contribution in [3.8, 4) is 11.3 Å². The van der Waals surface area contributed by atoms with E-state index in [4.69, 9.17) is 16.3 Å². The molecule has 0 spiro atoms. The highest BCUT2D eigenvalue weighted by molar-refractivity contribution is 6.31. The van der Waals surface area contributed by atoms with E-state index in [1.807, 2.05) is 0 Å². The second-order valence-corrected chi connectivity index (χ2v) is 10.6. The van der Waals surface area contributed by atoms with Gasteiger partial charge in [0.15, 0.2) is 11.3 Å². The first-order valence-electron chi connectivity index (χ1n) is 13.1. The largest absolute Gasteiger partial charge is 0.481 e. The number of methoxy groups -OCH3 is 1. The Morgan fingerprint density at radius 1 is 1.14 bits per heavy atom. The molecule has 1 aliphatic heterocycles. The summed E-state index contributed by atoms with van der Waals surface area (Å²) in [5.74, 6) is -3.80. The topological polar surface area (TPSA) is 100 Å². The number of rotatable bonds is 7. The molecule has 0 unspecified atom stereocenters. The number of benzene rings is 2. The Balaban J connectivity index is 1.60. The fourth-order valence-corrected chi connectivity index (χ4v) is 5.46. The number of likely N-dealkylation sites (tertiary alicyclic amines) is 1. The fraction of sp³-hybridized carbons (Fsp3) is 0.310. The van der Waals surface area contributed by atoms with E-state index in [0.29, 0.717) is 18.5 Å². The Labute approximate surface area is 244 Å². The third kappa shape index (κ3) is 5.51. The SMILES string of the molecule is CO[C@H]1CN(C(=O)c2cc3nc(-c4cc(F)c(Cl)c(F)c4)cc(N(C)c4c(C)cccc4F)n3n2)CC[C@H]1CC(=O)O. The molecule has 0 bridgehead atoms. The standard InChI is InChI=1S/C29H27ClF3N5O4/c1-15-5-4-6-18(31)28(15)36(2)25-13-21(17-9-19(32)27(30)20(33)10-17)34-24-12-22(35-38(24)25)29(41)37-8-7-16(11-26(39)40)23(14-37)42-3/h4-6,9-10,12-13,16,23H,7-8,11,14H2,1-3H3,(H,39,40)/t16-,23-/m0/s1. The Bertz CT molecular complexity index is 1650. The van der Waals surface area contributed by atoms with Crippen molar-refractivity contribution >= 4 is 40.6 Å². The van der Waals surface area contributed by atoms with Crippen molar-refractivity contribution in [1.82, 2.24) is 19.5 Å². The lowest BCUT2D eigenvalue weighted by molar-refractivity contribution is -0.140. The van der Waals surface area contributed by atoms with Gasteiger partial charge in [0.1, 0.15) is 28.3 Å². The van der Waals surface area contributed by atoms with E-state index in [1.54, 1.807) is 26.1 Å². The van der Waals surface area contributed by atoms with Crippen LogP contribution in [0.25, 0.3) is 16.9 Å². The zero-order valence-electron chi connectivity index (χ0n) is 22.9. The molecule has 0 radical (unpaired) electrons. The zero-order valence-corrected chi connectivity index (χ0v) is 23.7. The van der Waals surface area contributed by atoms with Crippen LogP contribution in [-0.4, -0.2) is 69.8 Å². The number of piperidine rings is 1. The summed E-state index contributed by atoms with van der Waals surface area (Å²) in [6, 6.07) is 9.61. The van der Waals surface area contributed by atoms with Gasteiger partial charge in [0.05, 0.1) is 23.9 Å². The first kappa shape index (κ1) is 29.3. The lowest BCUT2D eigenvalue weighted by Gasteiger charge is -2.36. The third-order valence-electron chi connectivity index (χ3n) is 7.50. The average Bonchev–Trinajstić information content (AvgIpc) is 3.39. The maximum atomic E-state index is 15.0. The van der Waals surface area contributed by atoms with E-state index >= 15 is 4.39 Å². The Kier molecular flexibility index (Phi) is 8.11. The van der Waals surface area contributed by atoms with Crippen LogP contribution in [0, 0.1) is 30.3 Å². The Hall–Kier alpha value is -4.16. The van der Waals surface area contributed by atoms with E-state index in [9.17, 15) is 23.5 Å². The number of hydrogen-bond donors (Lipinski definition) is 1. The minimum atomic E-state index is -0.975. The van der Waals surface area contributed by atoms with Gasteiger partial charge in [0.25, 0.3) is 5.91 Å². The molecule has 1 aliphatic rings. The summed E-state index contributed by atoms with van der Waals surface area (Å²) in [5.41, 5.74) is 1.27. The van der Waals surface area contributed by atoms with E-state index in [-0.39, 0.29) is 53.0 Å². The number of nitrogens with zero attached hydrogens (tertiary/aromatic N) is 5. The number of carboxylic acids is 1. The normalized spacial score (nSPS) is 17.1. The van der Waals surface area contributed by atoms with Gasteiger partial charge in [0, 0.05) is 44.9 Å². The highest BCUT2D eigenvalue weighted by Crippen LogP contribution is 2.34. The van der Waals surface area contributed by atoms with Gasteiger partial charge in [-0.2, -0.15) is 9.61 Å². The number of para-hydroxylation sites is 1. The molecule has 1 N–H and O–H groups in total. The van der Waals surface area contributed by atoms with Gasteiger partial charge >= 0.3 is 5.97 Å². The first-order valence-corrected chi connectivity index (χ1v) is 13.4. The second kappa shape index (κ2) is 11.6. The maximum absolute atomic E-state index is 15.0. The third-order valence-corrected chi connectivity index (χ3v) is 7.86. The van der Waals surface area contributed by atoms with Gasteiger partial charge in [0.2, 0.25) is 0 Å². The summed E-state index contributed by atoms with van der Waals surface area (Å²) in [4.78, 5) is 32.4. The van der Waals surface area contributed by atoms with Crippen molar-refractivity contribution in [2.75, 3.05) is 32.1 Å². The summed E-state index contributed by atoms with van der Waals surface area (Å²) < 4.78 is 50.6. The van der Waals surface area contributed by atoms with Gasteiger partial charge in [-0.1, -0.05) is 23.7 Å². The van der Waals surface area contributed by atoms with Crippen LogP contribution in [0.3, 0.4) is 0 Å². The fourth-order valence-electron chi connectivity index (χ4n) is 5.35. The van der Waals surface area contributed by atoms with Crippen LogP contribution in [0.1, 0.15) is 28.9 Å². The number of amides is 1. The molecular weight excluding hydrogens is 575 g/mol. The van der Waals surface area contributed by atoms with E-state index in [0.717, 1.165) is 12.1 Å². The number of halogens is 4. The van der Waals surface area contributed by atoms with Crippen molar-refractivity contribution < 1.29 is 32.6 Å². The smallest absolute Gasteiger partial charge is 0.303 e. The molecule has 220 valence electrons. The van der Waals surface area contributed by atoms with Gasteiger partial charge in [-0.15, -0.1) is 0 Å². The minimum absolute atomic E-state index is 0.0274. The molecule has 2 aromatic carbocycles. The minimum Gasteiger partial charge on any atom is -0.481 e. The summed E-state index contributed by atoms with van der Waals surface area (Å²) in [6.45, 7) is 2.20. The number of carboxylic acid groups (broad SMARTS) is 1. The molecule has 5 rings (SSSR count). The highest BCUT2D eigenvalue weighted by atomic mass is 35.5. The average molecular weight is 602 g/mol. The van der Waals surface area contributed by atoms with Crippen LogP contribution in [0.15, 0.2) is 42.5 Å². The number of ether oxygens (including phenoxy) is 1. The van der Waals surface area contributed by atoms with Gasteiger partial charge in [-0.25, -0.2) is 18.2 Å². The maximum Gasteiger partial charge on any atom is 0.303 e. The van der Waals surface area contributed by atoms with Crippen molar-refractivity contribution in [3.05, 3.63) is 76.2 Å². The predicted octanol–water partition coefficient (Wildman–Crippen LogP) is 5.50. The molecule has 4 aromatic rings. The molecule has 0 saturated carbocycles. The van der Waals surface area contributed by atoms with Crippen LogP contribution in [-0.2, 0) is 9.53 Å². The number of carbonyl (C=O) groups excluding carboxylic acids is 1. The number of aliphatic carboxylic acids is 1. The highest BCUT2D eigenvalue weighted by Gasteiger charge is 2.34. The molecule has 9 nitrogen and oxygen atoms in total. The molecule has 1 fully saturated rings. The number of aromatic nitrogens is 3. The molecule has 2 aromatic heterocycles. The van der Waals surface area contributed by atoms with Crippen LogP contribution >= 0.6 is 11.6 Å². The van der Waals surface area contributed by atoms with Gasteiger partial charge in [-0.05, 0) is 43.0 Å². The summed E-state index contributed by atoms with van der Waals surface area (Å²) >= 11 is 5.68. The summed E-state index contributed by atoms with van der Waals surface area (Å²) in [5, 5.41) is 13.1. The summed E-state index contributed by atoms with van der Waals surface area (Å²) in [6.07, 6.45) is -0.111. The molecule has 2 atom stereocenters. The zero-order chi connectivity index (χ0) is 30.3. The van der Waals surface area contributed by atoms with Crippen molar-refractivity contribution in [1.29, 1.82) is 0 Å². The number of anilines is 2. The van der Waals surface area contributed by atoms with Gasteiger partial charge in [-0.3, -0.25) is 9.59 Å². The van der Waals surface area contributed by atoms with Crippen LogP contribution in [0.5, 0.6) is 0 Å². The number of hydrogen-bond acceptors (Lipinski definition) is 6. The molecule has 0 aliphatic carbocycles. The van der Waals surface area contributed by atoms with E-state index < -0.39 is 40.5 Å². The van der Waals surface area contributed by atoms with E-state index in [1.165, 1.54) is 39.6 Å². The second-order valence-electron chi connectivity index (χ2n) is 10.2. The molecule has 42 heavy (non-hydrogen) atoms. The number of aryl methyl sites for hydroxylation is 1. The quantitative estimate of drug-likeness (QED) is 0.279. The van der Waals surface area contributed by atoms with Crippen LogP contribution in [0.4, 0.5) is 24.7 Å². The monoisotopic (exact) mass is 601 g/mol. The first-order chi connectivity index (χ1) is 20.0.